The zero-order valence-electron chi connectivity index (χ0n) is 7.73. The highest BCUT2D eigenvalue weighted by Gasteiger charge is 2.13. The molecule has 0 spiro atoms. The average Bonchev–Trinajstić information content (AvgIpc) is 2.19. The van der Waals surface area contributed by atoms with E-state index >= 15 is 0 Å². The molecule has 0 bridgehead atoms. The standard InChI is InChI=1S/C9H9F2NOS/c1-13-8-4-6(10)5(3-7(8)11)9(12)14-2/h3-4,12H,1-2H3. The highest BCUT2D eigenvalue weighted by atomic mass is 32.2. The maximum Gasteiger partial charge on any atom is 0.165 e. The van der Waals surface area contributed by atoms with Crippen molar-refractivity contribution >= 4 is 16.8 Å². The molecule has 0 saturated heterocycles. The summed E-state index contributed by atoms with van der Waals surface area (Å²) in [5.41, 5.74) is -0.0456. The fraction of sp³-hybridized carbons (Fsp3) is 0.222. The van der Waals surface area contributed by atoms with E-state index in [2.05, 4.69) is 4.74 Å². The van der Waals surface area contributed by atoms with Gasteiger partial charge in [0.15, 0.2) is 11.6 Å². The summed E-state index contributed by atoms with van der Waals surface area (Å²) < 4.78 is 31.0. The van der Waals surface area contributed by atoms with Gasteiger partial charge in [-0.1, -0.05) is 0 Å². The molecule has 1 rings (SSSR count). The van der Waals surface area contributed by atoms with Crippen LogP contribution in [0.2, 0.25) is 0 Å². The lowest BCUT2D eigenvalue weighted by molar-refractivity contribution is 0.382. The highest BCUT2D eigenvalue weighted by molar-refractivity contribution is 8.13. The summed E-state index contributed by atoms with van der Waals surface area (Å²) in [4.78, 5) is 0. The molecule has 1 aromatic rings. The fourth-order valence-electron chi connectivity index (χ4n) is 0.969. The summed E-state index contributed by atoms with van der Waals surface area (Å²) in [5, 5.41) is 7.35. The van der Waals surface area contributed by atoms with Crippen molar-refractivity contribution in [2.45, 2.75) is 0 Å². The number of benzene rings is 1. The van der Waals surface area contributed by atoms with Gasteiger partial charge in [-0.15, -0.1) is 11.8 Å². The van der Waals surface area contributed by atoms with Gasteiger partial charge < -0.3 is 4.74 Å². The quantitative estimate of drug-likeness (QED) is 0.610. The van der Waals surface area contributed by atoms with Crippen molar-refractivity contribution in [2.24, 2.45) is 0 Å². The molecule has 0 amide bonds. The predicted molar refractivity (Wildman–Crippen MR) is 53.3 cm³/mol. The van der Waals surface area contributed by atoms with Gasteiger partial charge in [0, 0.05) is 11.6 Å². The Morgan fingerprint density at radius 2 is 2.00 bits per heavy atom. The van der Waals surface area contributed by atoms with Crippen LogP contribution in [0.3, 0.4) is 0 Å². The monoisotopic (exact) mass is 217 g/mol. The second-order valence-electron chi connectivity index (χ2n) is 2.50. The molecule has 0 heterocycles. The van der Waals surface area contributed by atoms with Gasteiger partial charge in [-0.25, -0.2) is 8.78 Å². The summed E-state index contributed by atoms with van der Waals surface area (Å²) in [5.74, 6) is -1.47. The van der Waals surface area contributed by atoms with Gasteiger partial charge in [0.25, 0.3) is 0 Å². The first-order chi connectivity index (χ1) is 6.60. The third-order valence-electron chi connectivity index (χ3n) is 1.69. The van der Waals surface area contributed by atoms with Gasteiger partial charge in [0.1, 0.15) is 5.82 Å². The van der Waals surface area contributed by atoms with E-state index in [1.165, 1.54) is 7.11 Å². The number of halogens is 2. The Hall–Kier alpha value is -1.10. The van der Waals surface area contributed by atoms with Crippen molar-refractivity contribution in [3.63, 3.8) is 0 Å². The zero-order chi connectivity index (χ0) is 10.7. The minimum absolute atomic E-state index is 0.0101. The van der Waals surface area contributed by atoms with Gasteiger partial charge in [-0.3, -0.25) is 5.41 Å². The second kappa shape index (κ2) is 4.41. The summed E-state index contributed by atoms with van der Waals surface area (Å²) in [6.45, 7) is 0. The molecule has 0 radical (unpaired) electrons. The molecule has 1 N–H and O–H groups in total. The fourth-order valence-corrected chi connectivity index (χ4v) is 1.35. The van der Waals surface area contributed by atoms with Gasteiger partial charge >= 0.3 is 0 Å². The van der Waals surface area contributed by atoms with Crippen molar-refractivity contribution in [2.75, 3.05) is 13.4 Å². The minimum atomic E-state index is -0.664. The Balaban J connectivity index is 3.21. The lowest BCUT2D eigenvalue weighted by Crippen LogP contribution is -2.00. The van der Waals surface area contributed by atoms with Crippen molar-refractivity contribution in [3.05, 3.63) is 29.3 Å². The SMILES string of the molecule is COc1cc(F)c(C(=N)SC)cc1F. The maximum atomic E-state index is 13.3. The van der Waals surface area contributed by atoms with Crippen LogP contribution in [-0.2, 0) is 0 Å². The Bertz CT molecular complexity index is 368. The van der Waals surface area contributed by atoms with E-state index in [0.29, 0.717) is 0 Å². The maximum absolute atomic E-state index is 13.3. The first-order valence-corrected chi connectivity index (χ1v) is 4.98. The summed E-state index contributed by atoms with van der Waals surface area (Å²) >= 11 is 1.05. The molecule has 2 nitrogen and oxygen atoms in total. The lowest BCUT2D eigenvalue weighted by atomic mass is 10.2. The number of nitrogens with one attached hydrogen (secondary N) is 1. The van der Waals surface area contributed by atoms with Crippen molar-refractivity contribution in [1.29, 1.82) is 5.41 Å². The van der Waals surface area contributed by atoms with E-state index in [-0.39, 0.29) is 16.4 Å². The van der Waals surface area contributed by atoms with E-state index in [1.807, 2.05) is 0 Å². The van der Waals surface area contributed by atoms with E-state index < -0.39 is 11.6 Å². The Morgan fingerprint density at radius 3 is 2.50 bits per heavy atom. The smallest absolute Gasteiger partial charge is 0.165 e. The average molecular weight is 217 g/mol. The Labute approximate surface area is 84.8 Å². The molecule has 0 aromatic heterocycles. The van der Waals surface area contributed by atoms with Crippen LogP contribution in [0, 0.1) is 17.0 Å². The van der Waals surface area contributed by atoms with Gasteiger partial charge in [-0.05, 0) is 12.3 Å². The predicted octanol–water partition coefficient (Wildman–Crippen LogP) is 2.66. The first-order valence-electron chi connectivity index (χ1n) is 3.76. The molecule has 76 valence electrons. The first kappa shape index (κ1) is 11.0. The van der Waals surface area contributed by atoms with Crippen molar-refractivity contribution in [1.82, 2.24) is 0 Å². The van der Waals surface area contributed by atoms with Gasteiger partial charge in [0.05, 0.1) is 12.2 Å². The molecule has 0 saturated carbocycles. The number of methoxy groups -OCH3 is 1. The van der Waals surface area contributed by atoms with Crippen LogP contribution in [0.5, 0.6) is 5.75 Å². The van der Waals surface area contributed by atoms with E-state index in [1.54, 1.807) is 6.26 Å². The molecule has 0 unspecified atom stereocenters. The molecular formula is C9H9F2NOS. The number of ether oxygens (including phenoxy) is 1. The van der Waals surface area contributed by atoms with E-state index in [4.69, 9.17) is 5.41 Å². The molecule has 0 fully saturated rings. The van der Waals surface area contributed by atoms with E-state index in [0.717, 1.165) is 23.9 Å². The van der Waals surface area contributed by atoms with E-state index in [9.17, 15) is 8.78 Å². The lowest BCUT2D eigenvalue weighted by Gasteiger charge is -2.06. The van der Waals surface area contributed by atoms with Crippen molar-refractivity contribution in [3.8, 4) is 5.75 Å². The number of hydrogen-bond donors (Lipinski definition) is 1. The van der Waals surface area contributed by atoms with Crippen molar-refractivity contribution < 1.29 is 13.5 Å². The number of hydrogen-bond acceptors (Lipinski definition) is 3. The molecule has 0 aliphatic heterocycles. The van der Waals surface area contributed by atoms with Crippen LogP contribution in [0.4, 0.5) is 8.78 Å². The summed E-state index contributed by atoms with van der Waals surface area (Å²) in [7, 11) is 1.26. The third kappa shape index (κ3) is 2.04. The molecule has 0 aliphatic rings. The number of rotatable bonds is 2. The topological polar surface area (TPSA) is 33.1 Å². The van der Waals surface area contributed by atoms with Crippen LogP contribution in [0.1, 0.15) is 5.56 Å². The molecule has 5 heteroatoms. The molecular weight excluding hydrogens is 208 g/mol. The molecule has 0 aliphatic carbocycles. The van der Waals surface area contributed by atoms with Gasteiger partial charge in [-0.2, -0.15) is 0 Å². The normalized spacial score (nSPS) is 10.0. The van der Waals surface area contributed by atoms with Gasteiger partial charge in [0.2, 0.25) is 0 Å². The minimum Gasteiger partial charge on any atom is -0.494 e. The van der Waals surface area contributed by atoms with Crippen LogP contribution in [0.15, 0.2) is 12.1 Å². The third-order valence-corrected chi connectivity index (χ3v) is 2.32. The molecule has 1 aromatic carbocycles. The molecule has 14 heavy (non-hydrogen) atoms. The highest BCUT2D eigenvalue weighted by Crippen LogP contribution is 2.23. The van der Waals surface area contributed by atoms with Crippen LogP contribution >= 0.6 is 11.8 Å². The van der Waals surface area contributed by atoms with Crippen LogP contribution in [0.25, 0.3) is 0 Å². The molecule has 0 atom stereocenters. The second-order valence-corrected chi connectivity index (χ2v) is 3.32. The van der Waals surface area contributed by atoms with Crippen LogP contribution < -0.4 is 4.74 Å². The Kier molecular flexibility index (Phi) is 3.46. The van der Waals surface area contributed by atoms with Crippen LogP contribution in [-0.4, -0.2) is 18.4 Å². The summed E-state index contributed by atoms with van der Waals surface area (Å²) in [6, 6.07) is 1.91. The summed E-state index contributed by atoms with van der Waals surface area (Å²) in [6.07, 6.45) is 1.63. The Morgan fingerprint density at radius 1 is 1.36 bits per heavy atom. The zero-order valence-corrected chi connectivity index (χ0v) is 8.54. The largest absolute Gasteiger partial charge is 0.494 e. The number of thioether (sulfide) groups is 1.